The van der Waals surface area contributed by atoms with Crippen LogP contribution in [0.1, 0.15) is 16.8 Å². The quantitative estimate of drug-likeness (QED) is 0.396. The molecule has 23 heavy (non-hydrogen) atoms. The summed E-state index contributed by atoms with van der Waals surface area (Å²) in [6.45, 7) is 4.76. The van der Waals surface area contributed by atoms with Crippen LogP contribution < -0.4 is 9.45 Å². The van der Waals surface area contributed by atoms with E-state index in [2.05, 4.69) is 4.72 Å². The molecule has 1 N–H and O–H groups in total. The first kappa shape index (κ1) is 16.7. The number of hydrogen-bond acceptors (Lipinski definition) is 5. The topological polar surface area (TPSA) is 116 Å². The highest BCUT2D eigenvalue weighted by Crippen LogP contribution is 2.28. The van der Waals surface area contributed by atoms with E-state index in [1.807, 2.05) is 0 Å². The molecule has 1 aromatic heterocycles. The lowest BCUT2D eigenvalue weighted by Crippen LogP contribution is -2.32. The summed E-state index contributed by atoms with van der Waals surface area (Å²) >= 11 is 0. The molecule has 0 spiro atoms. The van der Waals surface area contributed by atoms with Crippen LogP contribution in [0.4, 0.5) is 11.4 Å². The van der Waals surface area contributed by atoms with Crippen molar-refractivity contribution in [3.63, 3.8) is 0 Å². The third kappa shape index (κ3) is 3.39. The highest BCUT2D eigenvalue weighted by atomic mass is 32.2. The van der Waals surface area contributed by atoms with E-state index in [-0.39, 0.29) is 16.3 Å². The van der Waals surface area contributed by atoms with Crippen molar-refractivity contribution < 1.29 is 18.1 Å². The number of nitro benzene ring substituents is 1. The van der Waals surface area contributed by atoms with Gasteiger partial charge in [0.1, 0.15) is 5.69 Å². The first-order valence-corrected chi connectivity index (χ1v) is 8.08. The van der Waals surface area contributed by atoms with Crippen LogP contribution in [0.15, 0.2) is 35.4 Å². The number of anilines is 1. The second kappa shape index (κ2) is 5.84. The van der Waals surface area contributed by atoms with Crippen LogP contribution in [-0.2, 0) is 10.0 Å². The standard InChI is InChI=1S/C14H15N3O5S/c1-9-4-5-12(13(6-9)17(19)20)15-23(21,22)14-8-16(18)11(3)7-10(14)2/h4-8,15H,1-3H3. The van der Waals surface area contributed by atoms with Gasteiger partial charge in [-0.3, -0.25) is 14.8 Å². The zero-order valence-corrected chi connectivity index (χ0v) is 13.5. The van der Waals surface area contributed by atoms with Gasteiger partial charge in [-0.05, 0) is 31.0 Å². The molecule has 9 heteroatoms. The van der Waals surface area contributed by atoms with Crippen LogP contribution in [-0.4, -0.2) is 13.3 Å². The normalized spacial score (nSPS) is 11.3. The number of nitrogens with zero attached hydrogens (tertiary/aromatic N) is 2. The second-order valence-corrected chi connectivity index (χ2v) is 6.82. The molecule has 0 aliphatic carbocycles. The Balaban J connectivity index is 2.52. The number of aryl methyl sites for hydroxylation is 3. The van der Waals surface area contributed by atoms with Gasteiger partial charge in [0.15, 0.2) is 10.6 Å². The van der Waals surface area contributed by atoms with Gasteiger partial charge in [-0.2, -0.15) is 4.73 Å². The number of aromatic nitrogens is 1. The van der Waals surface area contributed by atoms with Crippen molar-refractivity contribution in [3.05, 3.63) is 62.6 Å². The summed E-state index contributed by atoms with van der Waals surface area (Å²) < 4.78 is 27.5. The van der Waals surface area contributed by atoms with Crippen LogP contribution in [0.25, 0.3) is 0 Å². The molecular weight excluding hydrogens is 322 g/mol. The van der Waals surface area contributed by atoms with Gasteiger partial charge in [-0.25, -0.2) is 8.42 Å². The monoisotopic (exact) mass is 337 g/mol. The Bertz CT molecular complexity index is 894. The fourth-order valence-corrected chi connectivity index (χ4v) is 3.41. The lowest BCUT2D eigenvalue weighted by Gasteiger charge is -2.11. The first-order valence-electron chi connectivity index (χ1n) is 6.60. The van der Waals surface area contributed by atoms with Crippen molar-refractivity contribution in [2.75, 3.05) is 4.72 Å². The SMILES string of the molecule is Cc1ccc(NS(=O)(=O)c2c[n+]([O-])c(C)cc2C)c([N+](=O)[O-])c1. The van der Waals surface area contributed by atoms with E-state index in [9.17, 15) is 23.7 Å². The van der Waals surface area contributed by atoms with Crippen molar-refractivity contribution in [2.45, 2.75) is 25.7 Å². The average molecular weight is 337 g/mol. The first-order chi connectivity index (χ1) is 10.6. The largest absolute Gasteiger partial charge is 0.618 e. The Labute approximate surface area is 133 Å². The zero-order valence-electron chi connectivity index (χ0n) is 12.7. The predicted molar refractivity (Wildman–Crippen MR) is 83.5 cm³/mol. The van der Waals surface area contributed by atoms with E-state index in [4.69, 9.17) is 0 Å². The van der Waals surface area contributed by atoms with Crippen molar-refractivity contribution in [2.24, 2.45) is 0 Å². The summed E-state index contributed by atoms with van der Waals surface area (Å²) in [5, 5.41) is 22.7. The molecule has 0 bridgehead atoms. The van der Waals surface area contributed by atoms with E-state index >= 15 is 0 Å². The molecule has 0 saturated heterocycles. The molecule has 2 rings (SSSR count). The van der Waals surface area contributed by atoms with Gasteiger partial charge in [0, 0.05) is 19.1 Å². The van der Waals surface area contributed by atoms with E-state index in [0.717, 1.165) is 6.20 Å². The third-order valence-electron chi connectivity index (χ3n) is 3.28. The van der Waals surface area contributed by atoms with Gasteiger partial charge < -0.3 is 5.21 Å². The molecule has 0 aliphatic heterocycles. The van der Waals surface area contributed by atoms with Crippen LogP contribution >= 0.6 is 0 Å². The maximum Gasteiger partial charge on any atom is 0.293 e. The Morgan fingerprint density at radius 3 is 2.43 bits per heavy atom. The van der Waals surface area contributed by atoms with Crippen LogP contribution in [0.5, 0.6) is 0 Å². The molecule has 8 nitrogen and oxygen atoms in total. The molecule has 2 aromatic rings. The van der Waals surface area contributed by atoms with Crippen molar-refractivity contribution in [1.29, 1.82) is 0 Å². The number of sulfonamides is 1. The molecule has 0 saturated carbocycles. The predicted octanol–water partition coefficient (Wildman–Crippen LogP) is 1.95. The third-order valence-corrected chi connectivity index (χ3v) is 4.78. The maximum atomic E-state index is 12.5. The van der Waals surface area contributed by atoms with Crippen LogP contribution in [0, 0.1) is 36.1 Å². The van der Waals surface area contributed by atoms with Gasteiger partial charge in [0.2, 0.25) is 6.20 Å². The fourth-order valence-electron chi connectivity index (χ4n) is 2.12. The van der Waals surface area contributed by atoms with E-state index in [0.29, 0.717) is 21.6 Å². The molecule has 0 amide bonds. The fraction of sp³-hybridized carbons (Fsp3) is 0.214. The smallest absolute Gasteiger partial charge is 0.293 e. The summed E-state index contributed by atoms with van der Waals surface area (Å²) in [5.74, 6) is 0. The van der Waals surface area contributed by atoms with E-state index in [1.165, 1.54) is 18.2 Å². The molecule has 122 valence electrons. The molecule has 0 atom stereocenters. The molecule has 0 unspecified atom stereocenters. The van der Waals surface area contributed by atoms with Gasteiger partial charge in [0.25, 0.3) is 15.7 Å². The number of hydrogen-bond donors (Lipinski definition) is 1. The molecule has 1 heterocycles. The highest BCUT2D eigenvalue weighted by molar-refractivity contribution is 7.92. The maximum absolute atomic E-state index is 12.5. The number of benzene rings is 1. The molecule has 0 fully saturated rings. The zero-order chi connectivity index (χ0) is 17.4. The molecule has 1 aromatic carbocycles. The summed E-state index contributed by atoms with van der Waals surface area (Å²) in [6.07, 6.45) is 0.938. The van der Waals surface area contributed by atoms with Gasteiger partial charge in [-0.15, -0.1) is 0 Å². The molecular formula is C14H15N3O5S. The lowest BCUT2D eigenvalue weighted by atomic mass is 10.2. The van der Waals surface area contributed by atoms with E-state index < -0.39 is 14.9 Å². The van der Waals surface area contributed by atoms with Gasteiger partial charge in [0.05, 0.1) is 4.92 Å². The Morgan fingerprint density at radius 1 is 1.17 bits per heavy atom. The number of nitro groups is 1. The highest BCUT2D eigenvalue weighted by Gasteiger charge is 2.25. The molecule has 0 radical (unpaired) electrons. The Kier molecular flexibility index (Phi) is 4.24. The minimum Gasteiger partial charge on any atom is -0.618 e. The number of pyridine rings is 1. The van der Waals surface area contributed by atoms with Gasteiger partial charge in [-0.1, -0.05) is 6.07 Å². The van der Waals surface area contributed by atoms with Crippen molar-refractivity contribution >= 4 is 21.4 Å². The van der Waals surface area contributed by atoms with Crippen molar-refractivity contribution in [3.8, 4) is 0 Å². The summed E-state index contributed by atoms with van der Waals surface area (Å²) in [5.41, 5.74) is 0.842. The van der Waals surface area contributed by atoms with Crippen molar-refractivity contribution in [1.82, 2.24) is 0 Å². The molecule has 0 aliphatic rings. The minimum atomic E-state index is -4.13. The van der Waals surface area contributed by atoms with E-state index in [1.54, 1.807) is 26.8 Å². The number of nitrogens with one attached hydrogen (secondary N) is 1. The second-order valence-electron chi connectivity index (χ2n) is 5.17. The Morgan fingerprint density at radius 2 is 1.83 bits per heavy atom. The van der Waals surface area contributed by atoms with Crippen LogP contribution in [0.2, 0.25) is 0 Å². The average Bonchev–Trinajstić information content (AvgIpc) is 2.44. The van der Waals surface area contributed by atoms with Crippen LogP contribution in [0.3, 0.4) is 0 Å². The lowest BCUT2D eigenvalue weighted by molar-refractivity contribution is -0.614. The minimum absolute atomic E-state index is 0.155. The summed E-state index contributed by atoms with van der Waals surface area (Å²) in [6, 6.07) is 5.58. The number of rotatable bonds is 4. The summed E-state index contributed by atoms with van der Waals surface area (Å²) in [7, 11) is -4.13. The summed E-state index contributed by atoms with van der Waals surface area (Å²) in [4.78, 5) is 10.2. The van der Waals surface area contributed by atoms with Gasteiger partial charge >= 0.3 is 0 Å². The Hall–Kier alpha value is -2.68.